The van der Waals surface area contributed by atoms with Gasteiger partial charge >= 0.3 is 0 Å². The summed E-state index contributed by atoms with van der Waals surface area (Å²) in [5.74, 6) is -1.95. The highest BCUT2D eigenvalue weighted by atomic mass is 32.1. The zero-order valence-electron chi connectivity index (χ0n) is 18.0. The number of phenolic OH excluding ortho intramolecular Hbond substituents is 1. The Hall–Kier alpha value is -3.86. The molecule has 11 heteroatoms. The highest BCUT2D eigenvalue weighted by molar-refractivity contribution is 7.13. The number of hydrogen-bond acceptors (Lipinski definition) is 9. The number of carbonyl (C=O) groups excluding carboxylic acids is 2. The molecule has 4 N–H and O–H groups in total. The van der Waals surface area contributed by atoms with Crippen molar-refractivity contribution in [1.29, 1.82) is 0 Å². The molecule has 2 heterocycles. The van der Waals surface area contributed by atoms with Gasteiger partial charge in [-0.15, -0.1) is 11.3 Å². The predicted molar refractivity (Wildman–Crippen MR) is 121 cm³/mol. The van der Waals surface area contributed by atoms with Crippen molar-refractivity contribution in [3.8, 4) is 17.2 Å². The second-order valence-corrected chi connectivity index (χ2v) is 8.00. The van der Waals surface area contributed by atoms with Gasteiger partial charge in [0.15, 0.2) is 22.4 Å². The molecule has 0 saturated carbocycles. The number of methoxy groups -OCH3 is 1. The number of amides is 2. The van der Waals surface area contributed by atoms with Crippen LogP contribution < -0.4 is 20.8 Å². The molecule has 0 bridgehead atoms. The van der Waals surface area contributed by atoms with E-state index in [4.69, 9.17) is 9.15 Å². The highest BCUT2D eigenvalue weighted by Gasteiger charge is 2.26. The number of benzene rings is 1. The van der Waals surface area contributed by atoms with Crippen molar-refractivity contribution in [1.82, 2.24) is 10.3 Å². The predicted octanol–water partition coefficient (Wildman–Crippen LogP) is 2.49. The number of nitrogens with one attached hydrogen (secondary N) is 2. The van der Waals surface area contributed by atoms with E-state index in [1.165, 1.54) is 30.6 Å². The van der Waals surface area contributed by atoms with Crippen LogP contribution in [-0.2, 0) is 9.59 Å². The monoisotopic (exact) mass is 473 g/mol. The van der Waals surface area contributed by atoms with E-state index in [-0.39, 0.29) is 48.3 Å². The average Bonchev–Trinajstić information content (AvgIpc) is 3.28. The Morgan fingerprint density at radius 3 is 2.73 bits per heavy atom. The Bertz CT molecular complexity index is 1190. The molecule has 2 amide bonds. The van der Waals surface area contributed by atoms with Crippen molar-refractivity contribution in [3.05, 3.63) is 63.1 Å². The summed E-state index contributed by atoms with van der Waals surface area (Å²) in [5.41, 5.74) is -0.158. The molecule has 1 atom stereocenters. The lowest BCUT2D eigenvalue weighted by Crippen LogP contribution is -2.29. The van der Waals surface area contributed by atoms with Gasteiger partial charge in [0.1, 0.15) is 5.76 Å². The van der Waals surface area contributed by atoms with Crippen LogP contribution in [0.5, 0.6) is 17.2 Å². The van der Waals surface area contributed by atoms with Gasteiger partial charge < -0.3 is 30.0 Å². The fourth-order valence-corrected chi connectivity index (χ4v) is 3.72. The molecule has 174 valence electrons. The lowest BCUT2D eigenvalue weighted by Gasteiger charge is -2.19. The second-order valence-electron chi connectivity index (χ2n) is 7.11. The van der Waals surface area contributed by atoms with Crippen LogP contribution in [0.2, 0.25) is 0 Å². The Balaban J connectivity index is 1.76. The molecule has 0 spiro atoms. The first-order valence-electron chi connectivity index (χ1n) is 9.95. The fourth-order valence-electron chi connectivity index (χ4n) is 3.17. The summed E-state index contributed by atoms with van der Waals surface area (Å²) < 4.78 is 10.7. The number of hydrogen-bond donors (Lipinski definition) is 4. The Morgan fingerprint density at radius 1 is 1.24 bits per heavy atom. The third kappa shape index (κ3) is 6.10. The summed E-state index contributed by atoms with van der Waals surface area (Å²) in [7, 11) is 1.38. The van der Waals surface area contributed by atoms with E-state index in [0.717, 1.165) is 6.07 Å². The molecule has 0 saturated heterocycles. The minimum Gasteiger partial charge on any atom is -0.504 e. The lowest BCUT2D eigenvalue weighted by atomic mass is 9.91. The van der Waals surface area contributed by atoms with Gasteiger partial charge in [-0.05, 0) is 24.6 Å². The van der Waals surface area contributed by atoms with Crippen molar-refractivity contribution >= 4 is 28.3 Å². The molecule has 0 fully saturated rings. The molecule has 0 aliphatic rings. The first kappa shape index (κ1) is 23.8. The molecular weight excluding hydrogens is 450 g/mol. The lowest BCUT2D eigenvalue weighted by molar-refractivity contribution is -0.121. The van der Waals surface area contributed by atoms with Gasteiger partial charge in [0.25, 0.3) is 0 Å². The third-order valence-corrected chi connectivity index (χ3v) is 5.43. The molecule has 3 rings (SSSR count). The summed E-state index contributed by atoms with van der Waals surface area (Å²) in [5, 5.41) is 27.7. The number of thiazole rings is 1. The first-order chi connectivity index (χ1) is 15.8. The number of phenols is 1. The van der Waals surface area contributed by atoms with Crippen LogP contribution in [0.1, 0.15) is 35.8 Å². The van der Waals surface area contributed by atoms with Crippen LogP contribution in [0.25, 0.3) is 0 Å². The Morgan fingerprint density at radius 2 is 2.03 bits per heavy atom. The van der Waals surface area contributed by atoms with E-state index < -0.39 is 23.0 Å². The molecular formula is C22H23N3O7S. The average molecular weight is 474 g/mol. The van der Waals surface area contributed by atoms with Crippen LogP contribution >= 0.6 is 11.3 Å². The maximum atomic E-state index is 12.7. The molecule has 0 radical (unpaired) electrons. The van der Waals surface area contributed by atoms with Crippen LogP contribution in [-0.4, -0.2) is 40.7 Å². The molecule has 10 nitrogen and oxygen atoms in total. The number of aryl methyl sites for hydroxylation is 1. The largest absolute Gasteiger partial charge is 0.504 e. The fraction of sp³-hybridized carbons (Fsp3) is 0.273. The van der Waals surface area contributed by atoms with Crippen LogP contribution in [0.15, 0.2) is 45.1 Å². The van der Waals surface area contributed by atoms with Crippen molar-refractivity contribution in [2.45, 2.75) is 25.7 Å². The summed E-state index contributed by atoms with van der Waals surface area (Å²) >= 11 is 1.28. The summed E-state index contributed by atoms with van der Waals surface area (Å²) in [4.78, 5) is 40.7. The van der Waals surface area contributed by atoms with E-state index in [1.54, 1.807) is 24.6 Å². The Kier molecular flexibility index (Phi) is 7.67. The van der Waals surface area contributed by atoms with Crippen LogP contribution in [0.3, 0.4) is 0 Å². The smallest absolute Gasteiger partial charge is 0.227 e. The summed E-state index contributed by atoms with van der Waals surface area (Å²) in [6, 6.07) is 5.57. The Labute approximate surface area is 192 Å². The van der Waals surface area contributed by atoms with Crippen LogP contribution in [0, 0.1) is 6.92 Å². The molecule has 2 aromatic heterocycles. The number of carbonyl (C=O) groups is 2. The van der Waals surface area contributed by atoms with Gasteiger partial charge in [-0.2, -0.15) is 0 Å². The zero-order valence-corrected chi connectivity index (χ0v) is 18.8. The third-order valence-electron chi connectivity index (χ3n) is 4.74. The highest BCUT2D eigenvalue weighted by Crippen LogP contribution is 2.37. The van der Waals surface area contributed by atoms with Crippen molar-refractivity contribution in [2.24, 2.45) is 0 Å². The molecule has 0 aliphatic carbocycles. The quantitative estimate of drug-likeness (QED) is 0.370. The van der Waals surface area contributed by atoms with Crippen molar-refractivity contribution in [3.63, 3.8) is 0 Å². The summed E-state index contributed by atoms with van der Waals surface area (Å²) in [6.45, 7) is 1.63. The second kappa shape index (κ2) is 10.6. The number of aromatic nitrogens is 1. The molecule has 3 aromatic rings. The van der Waals surface area contributed by atoms with Gasteiger partial charge in [0.05, 0.1) is 13.0 Å². The van der Waals surface area contributed by atoms with Crippen LogP contribution in [0.4, 0.5) is 5.13 Å². The first-order valence-corrected chi connectivity index (χ1v) is 10.8. The van der Waals surface area contributed by atoms with E-state index >= 15 is 0 Å². The minimum absolute atomic E-state index is 0.0355. The molecule has 0 aliphatic heterocycles. The molecule has 33 heavy (non-hydrogen) atoms. The van der Waals surface area contributed by atoms with E-state index in [1.807, 2.05) is 0 Å². The minimum atomic E-state index is -0.851. The number of ether oxygens (including phenoxy) is 1. The van der Waals surface area contributed by atoms with Crippen molar-refractivity contribution < 1.29 is 29.0 Å². The normalized spacial score (nSPS) is 11.6. The van der Waals surface area contributed by atoms with E-state index in [9.17, 15) is 24.6 Å². The van der Waals surface area contributed by atoms with Crippen molar-refractivity contribution in [2.75, 3.05) is 19.0 Å². The van der Waals surface area contributed by atoms with E-state index in [0.29, 0.717) is 10.7 Å². The van der Waals surface area contributed by atoms with Gasteiger partial charge in [0, 0.05) is 37.0 Å². The number of anilines is 1. The van der Waals surface area contributed by atoms with E-state index in [2.05, 4.69) is 15.6 Å². The molecule has 0 unspecified atom stereocenters. The number of rotatable bonds is 9. The summed E-state index contributed by atoms with van der Waals surface area (Å²) in [6.07, 6.45) is 1.41. The zero-order chi connectivity index (χ0) is 24.0. The van der Waals surface area contributed by atoms with Gasteiger partial charge in [-0.1, -0.05) is 6.07 Å². The topological polar surface area (TPSA) is 151 Å². The maximum absolute atomic E-state index is 12.7. The maximum Gasteiger partial charge on any atom is 0.227 e. The number of nitrogens with zero attached hydrogens (tertiary/aromatic N) is 1. The molecule has 1 aromatic carbocycles. The van der Waals surface area contributed by atoms with Gasteiger partial charge in [0.2, 0.25) is 23.0 Å². The van der Waals surface area contributed by atoms with Gasteiger partial charge in [-0.25, -0.2) is 4.98 Å². The van der Waals surface area contributed by atoms with Gasteiger partial charge in [-0.3, -0.25) is 14.4 Å². The standard InChI is InChI=1S/C22H23N3O7S/c1-12-9-16(27)20(30)21(32-12)14(13-3-4-15(26)17(10-13)31-2)11-19(29)23-6-5-18(28)25-22-24-7-8-33-22/h3-4,7-10,14,26,30H,5-6,11H2,1-2H3,(H,23,29)(H,24,25,28)/t14-/m1/s1. The number of aromatic hydroxyl groups is 2. The SMILES string of the molecule is COc1cc([C@@H](CC(=O)NCCC(=O)Nc2nccs2)c2oc(C)cc(=O)c2O)ccc1O.